The summed E-state index contributed by atoms with van der Waals surface area (Å²) in [7, 11) is 0. The van der Waals surface area contributed by atoms with E-state index < -0.39 is 6.10 Å². The highest BCUT2D eigenvalue weighted by Gasteiger charge is 2.27. The fraction of sp³-hybridized carbons (Fsp3) is 0.500. The Bertz CT molecular complexity index is 622. The Kier molecular flexibility index (Phi) is 5.59. The van der Waals surface area contributed by atoms with Crippen LogP contribution in [-0.2, 0) is 11.3 Å². The summed E-state index contributed by atoms with van der Waals surface area (Å²) in [5.41, 5.74) is 0.968. The molecule has 2 aromatic rings. The number of aryl methyl sites for hydroxylation is 1. The third kappa shape index (κ3) is 4.20. The van der Waals surface area contributed by atoms with E-state index in [2.05, 4.69) is 10.3 Å². The van der Waals surface area contributed by atoms with Crippen LogP contribution >= 0.6 is 0 Å². The first kappa shape index (κ1) is 16.6. The van der Waals surface area contributed by atoms with E-state index in [0.29, 0.717) is 6.42 Å². The van der Waals surface area contributed by atoms with Gasteiger partial charge in [0.25, 0.3) is 0 Å². The van der Waals surface area contributed by atoms with Gasteiger partial charge in [-0.15, -0.1) is 5.10 Å². The molecule has 0 radical (unpaired) electrons. The first-order valence-electron chi connectivity index (χ1n) is 8.59. The van der Waals surface area contributed by atoms with Crippen molar-refractivity contribution in [2.24, 2.45) is 5.92 Å². The number of aromatic nitrogens is 3. The number of carbonyl (C=O) groups is 1. The van der Waals surface area contributed by atoms with Crippen LogP contribution in [0.5, 0.6) is 0 Å². The van der Waals surface area contributed by atoms with Crippen LogP contribution in [0.1, 0.15) is 37.4 Å². The number of aliphatic hydroxyl groups excluding tert-OH is 1. The Labute approximate surface area is 142 Å². The topological polar surface area (TPSA) is 71.2 Å². The maximum Gasteiger partial charge on any atom is 0.222 e. The first-order chi connectivity index (χ1) is 11.7. The molecule has 0 aliphatic carbocycles. The second-order valence-corrected chi connectivity index (χ2v) is 6.34. The number of aliphatic hydroxyl groups is 1. The number of carbonyl (C=O) groups excluding carboxylic acids is 1. The molecular formula is C18H24N4O2. The van der Waals surface area contributed by atoms with E-state index in [1.807, 2.05) is 35.2 Å². The van der Waals surface area contributed by atoms with E-state index in [1.165, 1.54) is 0 Å². The Balaban J connectivity index is 1.42. The first-order valence-corrected chi connectivity index (χ1v) is 8.59. The lowest BCUT2D eigenvalue weighted by molar-refractivity contribution is -0.133. The lowest BCUT2D eigenvalue weighted by Crippen LogP contribution is -2.39. The predicted molar refractivity (Wildman–Crippen MR) is 90.0 cm³/mol. The molecule has 1 saturated heterocycles. The second-order valence-electron chi connectivity index (χ2n) is 6.34. The van der Waals surface area contributed by atoms with Crippen molar-refractivity contribution in [2.75, 3.05) is 13.1 Å². The highest BCUT2D eigenvalue weighted by atomic mass is 16.3. The Hall–Kier alpha value is -2.21. The molecule has 6 heteroatoms. The van der Waals surface area contributed by atoms with Crippen molar-refractivity contribution < 1.29 is 9.90 Å². The lowest BCUT2D eigenvalue weighted by Gasteiger charge is -2.34. The minimum atomic E-state index is -0.434. The van der Waals surface area contributed by atoms with Crippen molar-refractivity contribution in [2.45, 2.75) is 38.3 Å². The third-order valence-electron chi connectivity index (χ3n) is 4.73. The summed E-state index contributed by atoms with van der Waals surface area (Å²) < 4.78 is 1.75. The van der Waals surface area contributed by atoms with Crippen LogP contribution < -0.4 is 0 Å². The fourth-order valence-electron chi connectivity index (χ4n) is 3.29. The summed E-state index contributed by atoms with van der Waals surface area (Å²) in [4.78, 5) is 14.2. The maximum atomic E-state index is 12.3. The van der Waals surface area contributed by atoms with Gasteiger partial charge in [-0.1, -0.05) is 35.5 Å². The van der Waals surface area contributed by atoms with Crippen molar-refractivity contribution in [3.8, 4) is 0 Å². The minimum absolute atomic E-state index is 0.197. The van der Waals surface area contributed by atoms with Gasteiger partial charge in [0, 0.05) is 32.3 Å². The van der Waals surface area contributed by atoms with Crippen LogP contribution in [0.3, 0.4) is 0 Å². The molecule has 2 heterocycles. The summed E-state index contributed by atoms with van der Waals surface area (Å²) >= 11 is 0. The zero-order valence-electron chi connectivity index (χ0n) is 13.8. The minimum Gasteiger partial charge on any atom is -0.388 e. The monoisotopic (exact) mass is 328 g/mol. The van der Waals surface area contributed by atoms with Crippen molar-refractivity contribution in [3.63, 3.8) is 0 Å². The molecule has 1 aliphatic rings. The number of hydrogen-bond donors (Lipinski definition) is 1. The van der Waals surface area contributed by atoms with E-state index in [1.54, 1.807) is 17.1 Å². The van der Waals surface area contributed by atoms with E-state index in [-0.39, 0.29) is 11.8 Å². The summed E-state index contributed by atoms with van der Waals surface area (Å²) in [6, 6.07) is 9.79. The molecule has 1 fully saturated rings. The van der Waals surface area contributed by atoms with Gasteiger partial charge in [0.2, 0.25) is 5.91 Å². The average Bonchev–Trinajstić information content (AvgIpc) is 3.15. The molecule has 1 aromatic carbocycles. The molecule has 0 bridgehead atoms. The summed E-state index contributed by atoms with van der Waals surface area (Å²) in [5.74, 6) is 0.425. The number of benzene rings is 1. The number of rotatable bonds is 6. The average molecular weight is 328 g/mol. The highest BCUT2D eigenvalue weighted by molar-refractivity contribution is 5.76. The zero-order valence-corrected chi connectivity index (χ0v) is 13.8. The van der Waals surface area contributed by atoms with Crippen molar-refractivity contribution in [1.82, 2.24) is 19.9 Å². The Morgan fingerprint density at radius 2 is 2.00 bits per heavy atom. The van der Waals surface area contributed by atoms with Crippen LogP contribution in [0.4, 0.5) is 0 Å². The van der Waals surface area contributed by atoms with Gasteiger partial charge >= 0.3 is 0 Å². The molecule has 24 heavy (non-hydrogen) atoms. The van der Waals surface area contributed by atoms with Gasteiger partial charge in [-0.2, -0.15) is 0 Å². The Morgan fingerprint density at radius 3 is 2.67 bits per heavy atom. The normalized spacial score (nSPS) is 17.0. The summed E-state index contributed by atoms with van der Waals surface area (Å²) in [6.45, 7) is 2.18. The van der Waals surface area contributed by atoms with Gasteiger partial charge in [-0.05, 0) is 30.7 Å². The predicted octanol–water partition coefficient (Wildman–Crippen LogP) is 2.03. The van der Waals surface area contributed by atoms with Gasteiger partial charge in [0.15, 0.2) is 0 Å². The van der Waals surface area contributed by atoms with Crippen LogP contribution in [0.2, 0.25) is 0 Å². The van der Waals surface area contributed by atoms with Gasteiger partial charge in [-0.3, -0.25) is 9.48 Å². The number of nitrogens with zero attached hydrogens (tertiary/aromatic N) is 4. The molecule has 0 saturated carbocycles. The SMILES string of the molecule is O=C(CCCn1ccnn1)N1CCC(C(O)c2ccccc2)CC1. The second kappa shape index (κ2) is 8.06. The van der Waals surface area contributed by atoms with E-state index in [0.717, 1.165) is 44.5 Å². The van der Waals surface area contributed by atoms with Crippen molar-refractivity contribution in [3.05, 3.63) is 48.3 Å². The summed E-state index contributed by atoms with van der Waals surface area (Å²) in [6.07, 6.45) is 6.03. The van der Waals surface area contributed by atoms with E-state index >= 15 is 0 Å². The fourth-order valence-corrected chi connectivity index (χ4v) is 3.29. The quantitative estimate of drug-likeness (QED) is 0.881. The molecule has 3 rings (SSSR count). The van der Waals surface area contributed by atoms with Gasteiger partial charge in [0.1, 0.15) is 0 Å². The zero-order chi connectivity index (χ0) is 16.8. The maximum absolute atomic E-state index is 12.3. The van der Waals surface area contributed by atoms with Crippen molar-refractivity contribution in [1.29, 1.82) is 0 Å². The number of likely N-dealkylation sites (tertiary alicyclic amines) is 1. The number of hydrogen-bond acceptors (Lipinski definition) is 4. The molecule has 1 unspecified atom stereocenters. The molecule has 6 nitrogen and oxygen atoms in total. The molecule has 128 valence electrons. The molecular weight excluding hydrogens is 304 g/mol. The van der Waals surface area contributed by atoms with Crippen LogP contribution in [0, 0.1) is 5.92 Å². The van der Waals surface area contributed by atoms with E-state index in [9.17, 15) is 9.90 Å². The summed E-state index contributed by atoms with van der Waals surface area (Å²) in [5, 5.41) is 18.1. The molecule has 1 N–H and O–H groups in total. The standard InChI is InChI=1S/C18H24N4O2/c23-17(7-4-11-22-14-10-19-20-22)21-12-8-16(9-13-21)18(24)15-5-2-1-3-6-15/h1-3,5-6,10,14,16,18,24H,4,7-9,11-13H2. The smallest absolute Gasteiger partial charge is 0.222 e. The van der Waals surface area contributed by atoms with Crippen LogP contribution in [0.15, 0.2) is 42.7 Å². The number of piperidine rings is 1. The van der Waals surface area contributed by atoms with Gasteiger partial charge in [-0.25, -0.2) is 0 Å². The molecule has 1 amide bonds. The lowest BCUT2D eigenvalue weighted by atomic mass is 9.87. The van der Waals surface area contributed by atoms with Crippen LogP contribution in [0.25, 0.3) is 0 Å². The molecule has 0 spiro atoms. The highest BCUT2D eigenvalue weighted by Crippen LogP contribution is 2.30. The largest absolute Gasteiger partial charge is 0.388 e. The number of amides is 1. The van der Waals surface area contributed by atoms with E-state index in [4.69, 9.17) is 0 Å². The van der Waals surface area contributed by atoms with Gasteiger partial charge < -0.3 is 10.0 Å². The van der Waals surface area contributed by atoms with Crippen molar-refractivity contribution >= 4 is 5.91 Å². The van der Waals surface area contributed by atoms with Gasteiger partial charge in [0.05, 0.1) is 12.3 Å². The molecule has 1 atom stereocenters. The van der Waals surface area contributed by atoms with Crippen LogP contribution in [-0.4, -0.2) is 44.0 Å². The molecule has 1 aliphatic heterocycles. The third-order valence-corrected chi connectivity index (χ3v) is 4.73. The Morgan fingerprint density at radius 1 is 1.25 bits per heavy atom. The molecule has 1 aromatic heterocycles.